The maximum atomic E-state index is 11.4. The molecule has 1 aliphatic carbocycles. The summed E-state index contributed by atoms with van der Waals surface area (Å²) in [4.78, 5) is 0. The lowest BCUT2D eigenvalue weighted by Gasteiger charge is -2.23. The van der Waals surface area contributed by atoms with Gasteiger partial charge in [0.2, 0.25) is 0 Å². The average Bonchev–Trinajstić information content (AvgIpc) is 2.34. The Labute approximate surface area is 116 Å². The molecule has 0 heterocycles. The SMILES string of the molecule is CNN(C)C1=CCCC(C)C(S(=O)(=O)O)CC=CC1. The Bertz CT molecular complexity index is 443. The van der Waals surface area contributed by atoms with Gasteiger partial charge < -0.3 is 5.01 Å². The van der Waals surface area contributed by atoms with Gasteiger partial charge in [-0.15, -0.1) is 0 Å². The fourth-order valence-electron chi connectivity index (χ4n) is 2.28. The first-order valence-corrected chi connectivity index (χ1v) is 8.08. The van der Waals surface area contributed by atoms with Crippen molar-refractivity contribution in [3.8, 4) is 0 Å². The van der Waals surface area contributed by atoms with Gasteiger partial charge in [0, 0.05) is 26.2 Å². The molecule has 0 saturated carbocycles. The molecular formula is C13H24N2O3S. The maximum Gasteiger partial charge on any atom is 0.268 e. The van der Waals surface area contributed by atoms with Crippen LogP contribution in [0.1, 0.15) is 32.6 Å². The minimum atomic E-state index is -3.97. The summed E-state index contributed by atoms with van der Waals surface area (Å²) in [6.07, 6.45) is 8.60. The zero-order chi connectivity index (χ0) is 14.5. The van der Waals surface area contributed by atoms with Crippen molar-refractivity contribution < 1.29 is 13.0 Å². The van der Waals surface area contributed by atoms with Crippen molar-refractivity contribution >= 4 is 10.1 Å². The topological polar surface area (TPSA) is 69.6 Å². The number of hydrogen-bond acceptors (Lipinski definition) is 4. The van der Waals surface area contributed by atoms with Crippen LogP contribution in [0, 0.1) is 5.92 Å². The van der Waals surface area contributed by atoms with Crippen LogP contribution in [0.2, 0.25) is 0 Å². The van der Waals surface area contributed by atoms with E-state index in [0.717, 1.165) is 25.0 Å². The minimum absolute atomic E-state index is 0.0601. The smallest absolute Gasteiger partial charge is 0.268 e. The first kappa shape index (κ1) is 16.2. The quantitative estimate of drug-likeness (QED) is 0.472. The Kier molecular flexibility index (Phi) is 6.03. The standard InChI is InChI=1S/C13H24N2O3S/c1-11-7-6-9-12(15(3)14-2)8-4-5-10-13(11)19(16,17)18/h4-5,9,11,13-14H,6-8,10H2,1-3H3,(H,16,17,18). The summed E-state index contributed by atoms with van der Waals surface area (Å²) in [5, 5.41) is 1.26. The van der Waals surface area contributed by atoms with E-state index in [0.29, 0.717) is 6.42 Å². The third kappa shape index (κ3) is 4.97. The largest absolute Gasteiger partial charge is 0.316 e. The van der Waals surface area contributed by atoms with Gasteiger partial charge in [0.1, 0.15) is 0 Å². The number of nitrogens with zero attached hydrogens (tertiary/aromatic N) is 1. The highest BCUT2D eigenvalue weighted by Crippen LogP contribution is 2.23. The van der Waals surface area contributed by atoms with Crippen LogP contribution in [0.15, 0.2) is 23.9 Å². The van der Waals surface area contributed by atoms with E-state index in [2.05, 4.69) is 11.5 Å². The van der Waals surface area contributed by atoms with Crippen molar-refractivity contribution in [1.29, 1.82) is 0 Å². The molecule has 0 saturated heterocycles. The third-order valence-corrected chi connectivity index (χ3v) is 5.07. The zero-order valence-corrected chi connectivity index (χ0v) is 12.7. The second-order valence-corrected chi connectivity index (χ2v) is 6.63. The van der Waals surface area contributed by atoms with E-state index >= 15 is 0 Å². The third-order valence-electron chi connectivity index (χ3n) is 3.65. The van der Waals surface area contributed by atoms with Gasteiger partial charge in [0.15, 0.2) is 0 Å². The molecule has 0 radical (unpaired) electrons. The average molecular weight is 288 g/mol. The normalized spacial score (nSPS) is 25.8. The summed E-state index contributed by atoms with van der Waals surface area (Å²) >= 11 is 0. The van der Waals surface area contributed by atoms with Crippen LogP contribution < -0.4 is 5.43 Å². The van der Waals surface area contributed by atoms with Gasteiger partial charge in [-0.1, -0.05) is 25.2 Å². The van der Waals surface area contributed by atoms with Gasteiger partial charge in [-0.05, 0) is 25.2 Å². The molecule has 2 N–H and O–H groups in total. The van der Waals surface area contributed by atoms with Crippen LogP contribution in [-0.4, -0.2) is 37.3 Å². The molecule has 0 aromatic heterocycles. The molecule has 19 heavy (non-hydrogen) atoms. The lowest BCUT2D eigenvalue weighted by Crippen LogP contribution is -2.30. The Morgan fingerprint density at radius 1 is 1.42 bits per heavy atom. The summed E-state index contributed by atoms with van der Waals surface area (Å²) in [6, 6.07) is 0. The Balaban J connectivity index is 2.83. The number of rotatable bonds is 3. The van der Waals surface area contributed by atoms with Crippen LogP contribution >= 0.6 is 0 Å². The lowest BCUT2D eigenvalue weighted by molar-refractivity contribution is 0.323. The highest BCUT2D eigenvalue weighted by molar-refractivity contribution is 7.86. The number of hydrazine groups is 1. The van der Waals surface area contributed by atoms with Gasteiger partial charge in [0.05, 0.1) is 5.25 Å². The van der Waals surface area contributed by atoms with Crippen molar-refractivity contribution in [2.45, 2.75) is 37.9 Å². The van der Waals surface area contributed by atoms with E-state index in [4.69, 9.17) is 0 Å². The first-order valence-electron chi connectivity index (χ1n) is 6.57. The van der Waals surface area contributed by atoms with E-state index in [-0.39, 0.29) is 5.92 Å². The summed E-state index contributed by atoms with van der Waals surface area (Å²) in [6.45, 7) is 1.88. The van der Waals surface area contributed by atoms with Gasteiger partial charge >= 0.3 is 0 Å². The predicted octanol–water partition coefficient (Wildman–Crippen LogP) is 1.96. The molecule has 0 spiro atoms. The minimum Gasteiger partial charge on any atom is -0.316 e. The molecule has 0 aromatic rings. The summed E-state index contributed by atoms with van der Waals surface area (Å²) in [5.41, 5.74) is 4.22. The molecular weight excluding hydrogens is 264 g/mol. The first-order chi connectivity index (χ1) is 8.86. The highest BCUT2D eigenvalue weighted by atomic mass is 32.2. The summed E-state index contributed by atoms with van der Waals surface area (Å²) in [7, 11) is -0.156. The fourth-order valence-corrected chi connectivity index (χ4v) is 3.36. The molecule has 2 atom stereocenters. The monoisotopic (exact) mass is 288 g/mol. The van der Waals surface area contributed by atoms with Crippen molar-refractivity contribution in [3.63, 3.8) is 0 Å². The van der Waals surface area contributed by atoms with E-state index in [1.165, 1.54) is 0 Å². The van der Waals surface area contributed by atoms with Crippen LogP contribution in [-0.2, 0) is 10.1 Å². The maximum absolute atomic E-state index is 11.4. The van der Waals surface area contributed by atoms with Crippen molar-refractivity contribution in [2.24, 2.45) is 5.92 Å². The van der Waals surface area contributed by atoms with E-state index in [9.17, 15) is 13.0 Å². The number of allylic oxidation sites excluding steroid dienone is 3. The van der Waals surface area contributed by atoms with Gasteiger partial charge in [-0.25, -0.2) is 5.43 Å². The Hall–Kier alpha value is -0.850. The van der Waals surface area contributed by atoms with Crippen LogP contribution in [0.4, 0.5) is 0 Å². The lowest BCUT2D eigenvalue weighted by atomic mass is 9.97. The number of nitrogens with one attached hydrogen (secondary N) is 1. The fraction of sp³-hybridized carbons (Fsp3) is 0.692. The Morgan fingerprint density at radius 2 is 2.11 bits per heavy atom. The molecule has 0 aliphatic heterocycles. The molecule has 0 fully saturated rings. The molecule has 1 aliphatic rings. The van der Waals surface area contributed by atoms with E-state index in [1.54, 1.807) is 0 Å². The predicted molar refractivity (Wildman–Crippen MR) is 77.0 cm³/mol. The molecule has 0 amide bonds. The number of hydrogen-bond donors (Lipinski definition) is 2. The van der Waals surface area contributed by atoms with Crippen LogP contribution in [0.25, 0.3) is 0 Å². The molecule has 1 rings (SSSR count). The van der Waals surface area contributed by atoms with Gasteiger partial charge in [-0.2, -0.15) is 8.42 Å². The van der Waals surface area contributed by atoms with Crippen molar-refractivity contribution in [3.05, 3.63) is 23.9 Å². The van der Waals surface area contributed by atoms with Crippen LogP contribution in [0.5, 0.6) is 0 Å². The zero-order valence-electron chi connectivity index (χ0n) is 11.8. The molecule has 110 valence electrons. The van der Waals surface area contributed by atoms with Crippen LogP contribution in [0.3, 0.4) is 0 Å². The highest BCUT2D eigenvalue weighted by Gasteiger charge is 2.27. The summed E-state index contributed by atoms with van der Waals surface area (Å²) < 4.78 is 32.0. The summed E-state index contributed by atoms with van der Waals surface area (Å²) in [5.74, 6) is -0.0601. The molecule has 5 nitrogen and oxygen atoms in total. The second-order valence-electron chi connectivity index (χ2n) is 5.00. The van der Waals surface area contributed by atoms with E-state index < -0.39 is 15.4 Å². The Morgan fingerprint density at radius 3 is 2.68 bits per heavy atom. The molecule has 0 bridgehead atoms. The van der Waals surface area contributed by atoms with Crippen molar-refractivity contribution in [1.82, 2.24) is 10.4 Å². The van der Waals surface area contributed by atoms with Gasteiger partial charge in [-0.3, -0.25) is 4.55 Å². The van der Waals surface area contributed by atoms with E-state index in [1.807, 2.05) is 38.2 Å². The van der Waals surface area contributed by atoms with Crippen molar-refractivity contribution in [2.75, 3.05) is 14.1 Å². The molecule has 6 heteroatoms. The van der Waals surface area contributed by atoms with Gasteiger partial charge in [0.25, 0.3) is 10.1 Å². The molecule has 2 unspecified atom stereocenters. The molecule has 0 aromatic carbocycles. The second kappa shape index (κ2) is 7.07.